The standard InChI is InChI=1S/C11H19N3O.2ClH/c1-9-7-13-11(10-3-4-12-8-10)14(9)5-6-15-2;;/h7,10,12H,3-6,8H2,1-2H3;2*1H. The molecule has 1 aromatic rings. The topological polar surface area (TPSA) is 39.1 Å². The molecule has 17 heavy (non-hydrogen) atoms. The van der Waals surface area contributed by atoms with Crippen LogP contribution in [0.1, 0.15) is 23.9 Å². The smallest absolute Gasteiger partial charge is 0.113 e. The Morgan fingerprint density at radius 2 is 2.29 bits per heavy atom. The molecule has 2 rings (SSSR count). The minimum absolute atomic E-state index is 0. The maximum atomic E-state index is 5.12. The van der Waals surface area contributed by atoms with Gasteiger partial charge >= 0.3 is 0 Å². The van der Waals surface area contributed by atoms with Crippen molar-refractivity contribution in [2.24, 2.45) is 0 Å². The summed E-state index contributed by atoms with van der Waals surface area (Å²) in [6.07, 6.45) is 3.16. The molecule has 4 nitrogen and oxygen atoms in total. The zero-order chi connectivity index (χ0) is 10.7. The van der Waals surface area contributed by atoms with Crippen LogP contribution in [0.3, 0.4) is 0 Å². The van der Waals surface area contributed by atoms with E-state index >= 15 is 0 Å². The van der Waals surface area contributed by atoms with Gasteiger partial charge in [0.05, 0.1) is 6.61 Å². The molecule has 1 unspecified atom stereocenters. The Kier molecular flexibility index (Phi) is 7.79. The molecule has 1 atom stereocenters. The average molecular weight is 282 g/mol. The highest BCUT2D eigenvalue weighted by Gasteiger charge is 2.21. The van der Waals surface area contributed by atoms with Crippen molar-refractivity contribution in [3.05, 3.63) is 17.7 Å². The Balaban J connectivity index is 0.00000128. The Bertz CT molecular complexity index is 325. The van der Waals surface area contributed by atoms with Crippen LogP contribution in [-0.4, -0.2) is 36.4 Å². The molecule has 0 spiro atoms. The first-order chi connectivity index (χ1) is 7.33. The first-order valence-electron chi connectivity index (χ1n) is 5.54. The molecule has 1 aromatic heterocycles. The Morgan fingerprint density at radius 3 is 2.88 bits per heavy atom. The van der Waals surface area contributed by atoms with E-state index in [0.717, 1.165) is 26.2 Å². The van der Waals surface area contributed by atoms with Crippen LogP contribution in [0.5, 0.6) is 0 Å². The van der Waals surface area contributed by atoms with Crippen LogP contribution in [0.4, 0.5) is 0 Å². The predicted molar refractivity (Wildman–Crippen MR) is 73.6 cm³/mol. The fraction of sp³-hybridized carbons (Fsp3) is 0.727. The van der Waals surface area contributed by atoms with Gasteiger partial charge in [-0.1, -0.05) is 0 Å². The summed E-state index contributed by atoms with van der Waals surface area (Å²) in [6, 6.07) is 0. The second kappa shape index (κ2) is 7.93. The number of nitrogens with zero attached hydrogens (tertiary/aromatic N) is 2. The van der Waals surface area contributed by atoms with Crippen LogP contribution in [0.2, 0.25) is 0 Å². The summed E-state index contributed by atoms with van der Waals surface area (Å²) in [5.41, 5.74) is 1.23. The Labute approximate surface area is 115 Å². The number of ether oxygens (including phenoxy) is 1. The number of rotatable bonds is 4. The van der Waals surface area contributed by atoms with Gasteiger partial charge in [-0.3, -0.25) is 0 Å². The molecule has 6 heteroatoms. The third-order valence-corrected chi connectivity index (χ3v) is 3.03. The quantitative estimate of drug-likeness (QED) is 0.914. The van der Waals surface area contributed by atoms with E-state index in [1.807, 2.05) is 6.20 Å². The summed E-state index contributed by atoms with van der Waals surface area (Å²) < 4.78 is 7.40. The maximum absolute atomic E-state index is 5.12. The first-order valence-corrected chi connectivity index (χ1v) is 5.54. The van der Waals surface area contributed by atoms with Gasteiger partial charge in [0.25, 0.3) is 0 Å². The van der Waals surface area contributed by atoms with E-state index in [0.29, 0.717) is 5.92 Å². The van der Waals surface area contributed by atoms with E-state index in [-0.39, 0.29) is 24.8 Å². The zero-order valence-electron chi connectivity index (χ0n) is 10.3. The molecule has 1 saturated heterocycles. The lowest BCUT2D eigenvalue weighted by atomic mass is 10.1. The normalized spacial score (nSPS) is 18.6. The minimum Gasteiger partial charge on any atom is -0.383 e. The molecule has 1 aliphatic heterocycles. The predicted octanol–water partition coefficient (Wildman–Crippen LogP) is 1.76. The number of imidazole rings is 1. The Morgan fingerprint density at radius 1 is 1.53 bits per heavy atom. The van der Waals surface area contributed by atoms with Crippen LogP contribution < -0.4 is 5.32 Å². The lowest BCUT2D eigenvalue weighted by molar-refractivity contribution is 0.185. The van der Waals surface area contributed by atoms with E-state index in [1.54, 1.807) is 7.11 Å². The van der Waals surface area contributed by atoms with Gasteiger partial charge in [0.2, 0.25) is 0 Å². The second-order valence-corrected chi connectivity index (χ2v) is 4.09. The molecule has 0 amide bonds. The average Bonchev–Trinajstić information content (AvgIpc) is 2.84. The fourth-order valence-corrected chi connectivity index (χ4v) is 2.15. The largest absolute Gasteiger partial charge is 0.383 e. The van der Waals surface area contributed by atoms with Crippen LogP contribution in [-0.2, 0) is 11.3 Å². The minimum atomic E-state index is 0. The first kappa shape index (κ1) is 16.7. The monoisotopic (exact) mass is 281 g/mol. The molecule has 0 saturated carbocycles. The van der Waals surface area contributed by atoms with Gasteiger partial charge in [0.1, 0.15) is 5.82 Å². The van der Waals surface area contributed by atoms with Gasteiger partial charge in [0.15, 0.2) is 0 Å². The molecule has 2 heterocycles. The molecule has 0 aromatic carbocycles. The third kappa shape index (κ3) is 3.85. The number of hydrogen-bond donors (Lipinski definition) is 1. The van der Waals surface area contributed by atoms with Crippen molar-refractivity contribution in [1.29, 1.82) is 0 Å². The van der Waals surface area contributed by atoms with E-state index in [4.69, 9.17) is 4.74 Å². The molecule has 1 N–H and O–H groups in total. The molecule has 0 bridgehead atoms. The van der Waals surface area contributed by atoms with Crippen LogP contribution >= 0.6 is 24.8 Å². The molecule has 0 radical (unpaired) electrons. The highest BCUT2D eigenvalue weighted by atomic mass is 35.5. The van der Waals surface area contributed by atoms with Crippen molar-refractivity contribution < 1.29 is 4.74 Å². The highest BCUT2D eigenvalue weighted by molar-refractivity contribution is 5.85. The summed E-state index contributed by atoms with van der Waals surface area (Å²) in [6.45, 7) is 5.94. The Hall–Kier alpha value is -0.290. The third-order valence-electron chi connectivity index (χ3n) is 3.03. The van der Waals surface area contributed by atoms with E-state index in [9.17, 15) is 0 Å². The maximum Gasteiger partial charge on any atom is 0.113 e. The number of methoxy groups -OCH3 is 1. The molecular weight excluding hydrogens is 261 g/mol. The van der Waals surface area contributed by atoms with Crippen molar-refractivity contribution in [3.8, 4) is 0 Å². The van der Waals surface area contributed by atoms with E-state index in [2.05, 4.69) is 21.8 Å². The van der Waals surface area contributed by atoms with Crippen molar-refractivity contribution in [3.63, 3.8) is 0 Å². The fourth-order valence-electron chi connectivity index (χ4n) is 2.15. The number of hydrogen-bond acceptors (Lipinski definition) is 3. The second-order valence-electron chi connectivity index (χ2n) is 4.09. The summed E-state index contributed by atoms with van der Waals surface area (Å²) in [5, 5.41) is 3.38. The zero-order valence-corrected chi connectivity index (χ0v) is 11.9. The summed E-state index contributed by atoms with van der Waals surface area (Å²) in [7, 11) is 1.74. The number of nitrogens with one attached hydrogen (secondary N) is 1. The van der Waals surface area contributed by atoms with Gasteiger partial charge in [-0.25, -0.2) is 4.98 Å². The lowest BCUT2D eigenvalue weighted by Crippen LogP contribution is -2.15. The van der Waals surface area contributed by atoms with Crippen molar-refractivity contribution in [1.82, 2.24) is 14.9 Å². The highest BCUT2D eigenvalue weighted by Crippen LogP contribution is 2.22. The van der Waals surface area contributed by atoms with E-state index in [1.165, 1.54) is 17.9 Å². The van der Waals surface area contributed by atoms with Gasteiger partial charge < -0.3 is 14.6 Å². The van der Waals surface area contributed by atoms with Crippen LogP contribution in [0, 0.1) is 6.92 Å². The van der Waals surface area contributed by atoms with Crippen molar-refractivity contribution >= 4 is 24.8 Å². The summed E-state index contributed by atoms with van der Waals surface area (Å²) >= 11 is 0. The molecule has 1 fully saturated rings. The number of aryl methyl sites for hydroxylation is 1. The molecule has 100 valence electrons. The summed E-state index contributed by atoms with van der Waals surface area (Å²) in [5.74, 6) is 1.80. The SMILES string of the molecule is COCCn1c(C)cnc1C1CCNC1.Cl.Cl. The molecular formula is C11H21Cl2N3O. The van der Waals surface area contributed by atoms with E-state index < -0.39 is 0 Å². The van der Waals surface area contributed by atoms with Gasteiger partial charge in [-0.15, -0.1) is 24.8 Å². The van der Waals surface area contributed by atoms with Gasteiger partial charge in [0, 0.05) is 38.0 Å². The number of aromatic nitrogens is 2. The lowest BCUT2D eigenvalue weighted by Gasteiger charge is -2.13. The molecule has 0 aliphatic carbocycles. The van der Waals surface area contributed by atoms with Crippen molar-refractivity contribution in [2.45, 2.75) is 25.8 Å². The van der Waals surface area contributed by atoms with Gasteiger partial charge in [-0.2, -0.15) is 0 Å². The molecule has 1 aliphatic rings. The van der Waals surface area contributed by atoms with Crippen LogP contribution in [0.25, 0.3) is 0 Å². The van der Waals surface area contributed by atoms with Gasteiger partial charge in [-0.05, 0) is 19.9 Å². The number of halogens is 2. The summed E-state index contributed by atoms with van der Waals surface area (Å²) in [4.78, 5) is 4.52. The van der Waals surface area contributed by atoms with Crippen LogP contribution in [0.15, 0.2) is 6.20 Å². The van der Waals surface area contributed by atoms with Crippen molar-refractivity contribution in [2.75, 3.05) is 26.8 Å².